The Labute approximate surface area is 98.0 Å². The van der Waals surface area contributed by atoms with Crippen molar-refractivity contribution < 1.29 is 0 Å². The van der Waals surface area contributed by atoms with E-state index in [2.05, 4.69) is 43.9 Å². The first-order valence-corrected chi connectivity index (χ1v) is 6.16. The third-order valence-electron chi connectivity index (χ3n) is 2.71. The lowest BCUT2D eigenvalue weighted by Crippen LogP contribution is -2.23. The van der Waals surface area contributed by atoms with Gasteiger partial charge in [0.15, 0.2) is 0 Å². The molecule has 0 saturated carbocycles. The summed E-state index contributed by atoms with van der Waals surface area (Å²) in [5.41, 5.74) is 3.83. The van der Waals surface area contributed by atoms with E-state index in [-0.39, 0.29) is 0 Å². The van der Waals surface area contributed by atoms with Gasteiger partial charge in [0.25, 0.3) is 0 Å². The molecular formula is C13H20ClN. The molecule has 0 heterocycles. The Morgan fingerprint density at radius 3 is 2.47 bits per heavy atom. The molecule has 0 aliphatic rings. The van der Waals surface area contributed by atoms with Gasteiger partial charge in [-0.25, -0.2) is 0 Å². The molecule has 0 aliphatic heterocycles. The third-order valence-corrected chi connectivity index (χ3v) is 3.00. The zero-order valence-corrected chi connectivity index (χ0v) is 10.6. The number of rotatable bonds is 5. The van der Waals surface area contributed by atoms with Crippen molar-refractivity contribution in [2.75, 3.05) is 18.0 Å². The van der Waals surface area contributed by atoms with Crippen LogP contribution in [0, 0.1) is 6.92 Å². The number of hydrogen-bond acceptors (Lipinski definition) is 1. The quantitative estimate of drug-likeness (QED) is 0.686. The number of alkyl halides is 1. The SMILES string of the molecule is CCCN(CC)c1ccc(CCl)c(C)c1. The molecule has 1 rings (SSSR count). The van der Waals surface area contributed by atoms with Crippen molar-refractivity contribution in [3.05, 3.63) is 29.3 Å². The molecule has 0 radical (unpaired) electrons. The fourth-order valence-corrected chi connectivity index (χ4v) is 2.07. The summed E-state index contributed by atoms with van der Waals surface area (Å²) in [5, 5.41) is 0. The topological polar surface area (TPSA) is 3.24 Å². The van der Waals surface area contributed by atoms with E-state index in [1.54, 1.807) is 0 Å². The van der Waals surface area contributed by atoms with Crippen LogP contribution >= 0.6 is 11.6 Å². The molecule has 0 aliphatic carbocycles. The van der Waals surface area contributed by atoms with E-state index in [0.717, 1.165) is 13.1 Å². The molecule has 0 N–H and O–H groups in total. The van der Waals surface area contributed by atoms with Gasteiger partial charge in [-0.05, 0) is 43.5 Å². The summed E-state index contributed by atoms with van der Waals surface area (Å²) in [6, 6.07) is 6.54. The molecule has 0 saturated heterocycles. The number of aryl methyl sites for hydroxylation is 1. The van der Waals surface area contributed by atoms with Gasteiger partial charge >= 0.3 is 0 Å². The van der Waals surface area contributed by atoms with E-state index in [1.165, 1.54) is 23.2 Å². The summed E-state index contributed by atoms with van der Waals surface area (Å²) in [5.74, 6) is 0.603. The summed E-state index contributed by atoms with van der Waals surface area (Å²) in [4.78, 5) is 2.39. The van der Waals surface area contributed by atoms with Crippen molar-refractivity contribution in [2.45, 2.75) is 33.1 Å². The maximum atomic E-state index is 5.85. The molecule has 0 fully saturated rings. The van der Waals surface area contributed by atoms with Crippen molar-refractivity contribution >= 4 is 17.3 Å². The van der Waals surface area contributed by atoms with Gasteiger partial charge in [0.2, 0.25) is 0 Å². The monoisotopic (exact) mass is 225 g/mol. The molecule has 0 spiro atoms. The van der Waals surface area contributed by atoms with Crippen LogP contribution in [-0.4, -0.2) is 13.1 Å². The standard InChI is InChI=1S/C13H20ClN/c1-4-8-15(5-2)13-7-6-12(10-14)11(3)9-13/h6-7,9H,4-5,8,10H2,1-3H3. The van der Waals surface area contributed by atoms with Crippen LogP contribution in [0.1, 0.15) is 31.4 Å². The average molecular weight is 226 g/mol. The molecule has 1 aromatic carbocycles. The van der Waals surface area contributed by atoms with Gasteiger partial charge in [0.1, 0.15) is 0 Å². The van der Waals surface area contributed by atoms with E-state index in [9.17, 15) is 0 Å². The lowest BCUT2D eigenvalue weighted by molar-refractivity contribution is 0.791. The highest BCUT2D eigenvalue weighted by atomic mass is 35.5. The van der Waals surface area contributed by atoms with Gasteiger partial charge in [0.05, 0.1) is 0 Å². The molecule has 0 bridgehead atoms. The van der Waals surface area contributed by atoms with E-state index in [1.807, 2.05) is 0 Å². The van der Waals surface area contributed by atoms with Crippen molar-refractivity contribution in [3.8, 4) is 0 Å². The van der Waals surface area contributed by atoms with Crippen molar-refractivity contribution in [1.82, 2.24) is 0 Å². The van der Waals surface area contributed by atoms with Gasteiger partial charge in [-0.2, -0.15) is 0 Å². The molecule has 2 heteroatoms. The largest absolute Gasteiger partial charge is 0.372 e. The summed E-state index contributed by atoms with van der Waals surface area (Å²) >= 11 is 5.85. The van der Waals surface area contributed by atoms with Gasteiger partial charge in [0, 0.05) is 24.7 Å². The van der Waals surface area contributed by atoms with Crippen molar-refractivity contribution in [1.29, 1.82) is 0 Å². The molecule has 1 aromatic rings. The molecule has 15 heavy (non-hydrogen) atoms. The van der Waals surface area contributed by atoms with Crippen LogP contribution in [0.25, 0.3) is 0 Å². The van der Waals surface area contributed by atoms with Gasteiger partial charge in [-0.1, -0.05) is 13.0 Å². The average Bonchev–Trinajstić information content (AvgIpc) is 2.25. The highest BCUT2D eigenvalue weighted by Crippen LogP contribution is 2.20. The fraction of sp³-hybridized carbons (Fsp3) is 0.538. The van der Waals surface area contributed by atoms with Crippen LogP contribution in [0.4, 0.5) is 5.69 Å². The maximum Gasteiger partial charge on any atom is 0.0476 e. The summed E-state index contributed by atoms with van der Waals surface area (Å²) < 4.78 is 0. The molecule has 0 unspecified atom stereocenters. The minimum atomic E-state index is 0.603. The van der Waals surface area contributed by atoms with Crippen LogP contribution in [0.15, 0.2) is 18.2 Å². The van der Waals surface area contributed by atoms with E-state index in [0.29, 0.717) is 5.88 Å². The molecular weight excluding hydrogens is 206 g/mol. The van der Waals surface area contributed by atoms with E-state index < -0.39 is 0 Å². The summed E-state index contributed by atoms with van der Waals surface area (Å²) in [6.45, 7) is 8.72. The molecule has 84 valence electrons. The molecule has 0 atom stereocenters. The predicted molar refractivity (Wildman–Crippen MR) is 68.9 cm³/mol. The Kier molecular flexibility index (Phi) is 4.97. The number of hydrogen-bond donors (Lipinski definition) is 0. The van der Waals surface area contributed by atoms with Gasteiger partial charge in [-0.15, -0.1) is 11.6 Å². The second kappa shape index (κ2) is 6.02. The van der Waals surface area contributed by atoms with Crippen LogP contribution in [0.5, 0.6) is 0 Å². The Morgan fingerprint density at radius 1 is 1.27 bits per heavy atom. The predicted octanol–water partition coefficient (Wildman–Crippen LogP) is 3.97. The summed E-state index contributed by atoms with van der Waals surface area (Å²) in [6.07, 6.45) is 1.18. The van der Waals surface area contributed by atoms with Crippen LogP contribution in [0.3, 0.4) is 0 Å². The Bertz CT molecular complexity index is 309. The first kappa shape index (κ1) is 12.4. The maximum absolute atomic E-state index is 5.85. The normalized spacial score (nSPS) is 10.4. The Hall–Kier alpha value is -0.690. The minimum absolute atomic E-state index is 0.603. The lowest BCUT2D eigenvalue weighted by atomic mass is 10.1. The Balaban J connectivity index is 2.89. The molecule has 1 nitrogen and oxygen atoms in total. The first-order chi connectivity index (χ1) is 7.22. The minimum Gasteiger partial charge on any atom is -0.372 e. The van der Waals surface area contributed by atoms with Gasteiger partial charge in [-0.3, -0.25) is 0 Å². The second-order valence-corrected chi connectivity index (χ2v) is 4.09. The van der Waals surface area contributed by atoms with E-state index in [4.69, 9.17) is 11.6 Å². The second-order valence-electron chi connectivity index (χ2n) is 3.82. The summed E-state index contributed by atoms with van der Waals surface area (Å²) in [7, 11) is 0. The van der Waals surface area contributed by atoms with Crippen LogP contribution in [0.2, 0.25) is 0 Å². The third kappa shape index (κ3) is 3.13. The Morgan fingerprint density at radius 2 is 2.00 bits per heavy atom. The number of anilines is 1. The van der Waals surface area contributed by atoms with Gasteiger partial charge < -0.3 is 4.90 Å². The van der Waals surface area contributed by atoms with Crippen LogP contribution < -0.4 is 4.90 Å². The number of halogens is 1. The molecule has 0 aromatic heterocycles. The van der Waals surface area contributed by atoms with Crippen molar-refractivity contribution in [3.63, 3.8) is 0 Å². The first-order valence-electron chi connectivity index (χ1n) is 5.63. The van der Waals surface area contributed by atoms with Crippen molar-refractivity contribution in [2.24, 2.45) is 0 Å². The lowest BCUT2D eigenvalue weighted by Gasteiger charge is -2.23. The highest BCUT2D eigenvalue weighted by Gasteiger charge is 2.04. The number of benzene rings is 1. The molecule has 0 amide bonds. The zero-order valence-electron chi connectivity index (χ0n) is 9.89. The number of nitrogens with zero attached hydrogens (tertiary/aromatic N) is 1. The fourth-order valence-electron chi connectivity index (χ4n) is 1.77. The smallest absolute Gasteiger partial charge is 0.0476 e. The zero-order chi connectivity index (χ0) is 11.3. The van der Waals surface area contributed by atoms with E-state index >= 15 is 0 Å². The van der Waals surface area contributed by atoms with Crippen LogP contribution in [-0.2, 0) is 5.88 Å². The highest BCUT2D eigenvalue weighted by molar-refractivity contribution is 6.17.